The fourth-order valence-corrected chi connectivity index (χ4v) is 0.769. The average Bonchev–Trinajstić information content (AvgIpc) is 2.04. The first-order valence-electron chi connectivity index (χ1n) is 3.47. The number of amides is 1. The van der Waals surface area contributed by atoms with E-state index in [0.717, 1.165) is 0 Å². The number of hydrogen-bond donors (Lipinski definition) is 2. The van der Waals surface area contributed by atoms with Crippen LogP contribution >= 0.6 is 0 Å². The summed E-state index contributed by atoms with van der Waals surface area (Å²) in [5.41, 5.74) is 10.8. The normalized spacial score (nSPS) is 9.23. The molecule has 0 aliphatic rings. The molecule has 5 heteroatoms. The average molecular weight is 180 g/mol. The van der Waals surface area contributed by atoms with Gasteiger partial charge in [-0.1, -0.05) is 0 Å². The van der Waals surface area contributed by atoms with E-state index in [1.807, 2.05) is 0 Å². The van der Waals surface area contributed by atoms with E-state index in [9.17, 15) is 9.59 Å². The summed E-state index contributed by atoms with van der Waals surface area (Å²) >= 11 is 0. The molecule has 0 bridgehead atoms. The third kappa shape index (κ3) is 2.48. The van der Waals surface area contributed by atoms with Crippen molar-refractivity contribution < 1.29 is 14.3 Å². The Morgan fingerprint density at radius 3 is 2.15 bits per heavy atom. The van der Waals surface area contributed by atoms with Crippen LogP contribution in [-0.2, 0) is 4.74 Å². The predicted molar refractivity (Wildman–Crippen MR) is 45.9 cm³/mol. The molecule has 1 rings (SSSR count). The summed E-state index contributed by atoms with van der Waals surface area (Å²) in [6.45, 7) is 0. The molecule has 0 aromatic heterocycles. The highest BCUT2D eigenvalue weighted by Crippen LogP contribution is 2.06. The van der Waals surface area contributed by atoms with Crippen LogP contribution in [0.3, 0.4) is 0 Å². The first-order chi connectivity index (χ1) is 6.09. The standard InChI is InChI=1S/C8H8N2O3/c9-6-3-1-5(2-4-6)7(11)13-8(10)12/h1-4H,9H2,(H2,10,12). The van der Waals surface area contributed by atoms with Crippen LogP contribution in [0.4, 0.5) is 10.5 Å². The highest BCUT2D eigenvalue weighted by atomic mass is 16.6. The number of hydrogen-bond acceptors (Lipinski definition) is 4. The van der Waals surface area contributed by atoms with Gasteiger partial charge in [0.25, 0.3) is 0 Å². The summed E-state index contributed by atoms with van der Waals surface area (Å²) < 4.78 is 4.14. The summed E-state index contributed by atoms with van der Waals surface area (Å²) in [6.07, 6.45) is -1.12. The van der Waals surface area contributed by atoms with Crippen molar-refractivity contribution in [2.75, 3.05) is 5.73 Å². The number of rotatable bonds is 1. The minimum atomic E-state index is -1.12. The van der Waals surface area contributed by atoms with E-state index in [4.69, 9.17) is 5.73 Å². The van der Waals surface area contributed by atoms with Crippen LogP contribution in [-0.4, -0.2) is 12.1 Å². The zero-order chi connectivity index (χ0) is 9.84. The van der Waals surface area contributed by atoms with E-state index in [-0.39, 0.29) is 5.56 Å². The van der Waals surface area contributed by atoms with Gasteiger partial charge in [-0.15, -0.1) is 0 Å². The Morgan fingerprint density at radius 2 is 1.69 bits per heavy atom. The third-order valence-electron chi connectivity index (χ3n) is 1.34. The van der Waals surface area contributed by atoms with Gasteiger partial charge in [-0.3, -0.25) is 0 Å². The topological polar surface area (TPSA) is 95.4 Å². The molecule has 0 aliphatic heterocycles. The molecular formula is C8H8N2O3. The van der Waals surface area contributed by atoms with E-state index in [2.05, 4.69) is 10.5 Å². The number of nitrogen functional groups attached to an aromatic ring is 1. The van der Waals surface area contributed by atoms with Crippen LogP contribution in [0.2, 0.25) is 0 Å². The highest BCUT2D eigenvalue weighted by molar-refractivity contribution is 5.96. The van der Waals surface area contributed by atoms with E-state index in [1.165, 1.54) is 24.3 Å². The lowest BCUT2D eigenvalue weighted by molar-refractivity contribution is 0.0638. The second-order valence-electron chi connectivity index (χ2n) is 2.33. The molecule has 0 heterocycles. The van der Waals surface area contributed by atoms with Crippen LogP contribution in [0.1, 0.15) is 10.4 Å². The minimum Gasteiger partial charge on any atom is -0.399 e. The van der Waals surface area contributed by atoms with Crippen molar-refractivity contribution in [1.29, 1.82) is 0 Å². The van der Waals surface area contributed by atoms with Crippen molar-refractivity contribution >= 4 is 17.7 Å². The number of nitrogens with two attached hydrogens (primary N) is 2. The first kappa shape index (κ1) is 9.05. The number of anilines is 1. The van der Waals surface area contributed by atoms with Gasteiger partial charge < -0.3 is 16.2 Å². The molecule has 1 aromatic carbocycles. The van der Waals surface area contributed by atoms with Gasteiger partial charge in [0.2, 0.25) is 0 Å². The molecule has 0 unspecified atom stereocenters. The number of benzene rings is 1. The molecule has 0 saturated heterocycles. The van der Waals surface area contributed by atoms with E-state index >= 15 is 0 Å². The predicted octanol–water partition coefficient (Wildman–Crippen LogP) is 0.504. The smallest absolute Gasteiger partial charge is 0.399 e. The fraction of sp³-hybridized carbons (Fsp3) is 0. The Morgan fingerprint density at radius 1 is 1.15 bits per heavy atom. The maximum absolute atomic E-state index is 11.0. The lowest BCUT2D eigenvalue weighted by Gasteiger charge is -1.99. The van der Waals surface area contributed by atoms with E-state index in [0.29, 0.717) is 5.69 Å². The number of ether oxygens (including phenoxy) is 1. The quantitative estimate of drug-likeness (QED) is 0.373. The van der Waals surface area contributed by atoms with Gasteiger partial charge >= 0.3 is 12.1 Å². The molecule has 0 radical (unpaired) electrons. The Kier molecular flexibility index (Phi) is 2.49. The highest BCUT2D eigenvalue weighted by Gasteiger charge is 2.08. The van der Waals surface area contributed by atoms with Crippen molar-refractivity contribution in [3.05, 3.63) is 29.8 Å². The van der Waals surface area contributed by atoms with Crippen molar-refractivity contribution in [3.63, 3.8) is 0 Å². The number of carbonyl (C=O) groups is 2. The Bertz CT molecular complexity index is 332. The Labute approximate surface area is 74.3 Å². The van der Waals surface area contributed by atoms with Gasteiger partial charge in [0.05, 0.1) is 5.56 Å². The zero-order valence-electron chi connectivity index (χ0n) is 6.69. The number of carbonyl (C=O) groups excluding carboxylic acids is 2. The lowest BCUT2D eigenvalue weighted by atomic mass is 10.2. The molecule has 13 heavy (non-hydrogen) atoms. The van der Waals surface area contributed by atoms with Gasteiger partial charge in [-0.2, -0.15) is 0 Å². The molecule has 0 aliphatic carbocycles. The van der Waals surface area contributed by atoms with Crippen LogP contribution in [0, 0.1) is 0 Å². The van der Waals surface area contributed by atoms with Crippen molar-refractivity contribution in [2.24, 2.45) is 5.73 Å². The van der Waals surface area contributed by atoms with Crippen molar-refractivity contribution in [1.82, 2.24) is 0 Å². The third-order valence-corrected chi connectivity index (χ3v) is 1.34. The molecule has 0 fully saturated rings. The molecule has 4 N–H and O–H groups in total. The maximum atomic E-state index is 11.0. The van der Waals surface area contributed by atoms with E-state index < -0.39 is 12.1 Å². The number of primary amides is 1. The molecule has 1 aromatic rings. The first-order valence-corrected chi connectivity index (χ1v) is 3.47. The van der Waals surface area contributed by atoms with Gasteiger partial charge in [0.15, 0.2) is 0 Å². The summed E-state index contributed by atoms with van der Waals surface area (Å²) in [5, 5.41) is 0. The van der Waals surface area contributed by atoms with Crippen LogP contribution in [0.15, 0.2) is 24.3 Å². The molecule has 1 amide bonds. The largest absolute Gasteiger partial charge is 0.412 e. The van der Waals surface area contributed by atoms with Gasteiger partial charge in [0, 0.05) is 5.69 Å². The molecule has 0 saturated carbocycles. The van der Waals surface area contributed by atoms with Gasteiger partial charge in [-0.25, -0.2) is 9.59 Å². The van der Waals surface area contributed by atoms with Crippen molar-refractivity contribution in [2.45, 2.75) is 0 Å². The number of esters is 1. The molecule has 0 atom stereocenters. The summed E-state index contributed by atoms with van der Waals surface area (Å²) in [5.74, 6) is -0.785. The summed E-state index contributed by atoms with van der Waals surface area (Å²) in [4.78, 5) is 21.2. The second-order valence-corrected chi connectivity index (χ2v) is 2.33. The molecule has 0 spiro atoms. The monoisotopic (exact) mass is 180 g/mol. The second kappa shape index (κ2) is 3.57. The molecular weight excluding hydrogens is 172 g/mol. The van der Waals surface area contributed by atoms with Crippen molar-refractivity contribution in [3.8, 4) is 0 Å². The fourth-order valence-electron chi connectivity index (χ4n) is 0.769. The molecule has 5 nitrogen and oxygen atoms in total. The SMILES string of the molecule is NC(=O)OC(=O)c1ccc(N)cc1. The summed E-state index contributed by atoms with van der Waals surface area (Å²) in [6, 6.07) is 5.94. The lowest BCUT2D eigenvalue weighted by Crippen LogP contribution is -2.18. The van der Waals surface area contributed by atoms with Crippen LogP contribution < -0.4 is 11.5 Å². The Balaban J connectivity index is 2.78. The van der Waals surface area contributed by atoms with Gasteiger partial charge in [0.1, 0.15) is 0 Å². The zero-order valence-corrected chi connectivity index (χ0v) is 6.69. The van der Waals surface area contributed by atoms with E-state index in [1.54, 1.807) is 0 Å². The van der Waals surface area contributed by atoms with Crippen LogP contribution in [0.25, 0.3) is 0 Å². The van der Waals surface area contributed by atoms with Gasteiger partial charge in [-0.05, 0) is 24.3 Å². The van der Waals surface area contributed by atoms with Crippen LogP contribution in [0.5, 0.6) is 0 Å². The summed E-state index contributed by atoms with van der Waals surface area (Å²) in [7, 11) is 0. The minimum absolute atomic E-state index is 0.230. The Hall–Kier alpha value is -2.04. The maximum Gasteiger partial charge on any atom is 0.412 e. The molecule has 68 valence electrons.